The topological polar surface area (TPSA) is 256 Å². The molecule has 4 amide bonds. The highest BCUT2D eigenvalue weighted by Gasteiger charge is 2.24. The van der Waals surface area contributed by atoms with Crippen LogP contribution in [0.1, 0.15) is 0 Å². The van der Waals surface area contributed by atoms with Crippen molar-refractivity contribution in [2.24, 2.45) is 0 Å². The van der Waals surface area contributed by atoms with Crippen LogP contribution in [0.25, 0.3) is 0 Å². The molecule has 7 aromatic rings. The van der Waals surface area contributed by atoms with Gasteiger partial charge in [-0.15, -0.1) is 0 Å². The molecule has 0 unspecified atom stereocenters. The van der Waals surface area contributed by atoms with Gasteiger partial charge in [-0.1, -0.05) is 53.5 Å². The minimum atomic E-state index is -4.69. The number of amides is 4. The van der Waals surface area contributed by atoms with E-state index in [0.29, 0.717) is 10.0 Å². The summed E-state index contributed by atoms with van der Waals surface area (Å²) in [6.45, 7) is 0. The van der Waals surface area contributed by atoms with Gasteiger partial charge in [-0.25, -0.2) is 9.59 Å². The summed E-state index contributed by atoms with van der Waals surface area (Å²) < 4.78 is 125. The van der Waals surface area contributed by atoms with Crippen molar-refractivity contribution in [3.05, 3.63) is 180 Å². The van der Waals surface area contributed by atoms with E-state index < -0.39 is 62.3 Å². The Bertz CT molecular complexity index is 3270. The Labute approximate surface area is 399 Å². The maximum Gasteiger partial charge on any atom is 0.339 e. The molecule has 0 aromatic heterocycles. The van der Waals surface area contributed by atoms with E-state index in [1.165, 1.54) is 146 Å². The minimum absolute atomic E-state index is 0.0782. The third-order valence-electron chi connectivity index (χ3n) is 8.78. The Morgan fingerprint density at radius 1 is 0.324 bits per heavy atom. The average molecular weight is 1040 g/mol. The second-order valence-corrected chi connectivity index (χ2v) is 20.9. The Kier molecular flexibility index (Phi) is 14.5. The Balaban J connectivity index is 0.946. The summed E-state index contributed by atoms with van der Waals surface area (Å²) in [5.74, 6) is -0.722. The molecular weight excluding hydrogens is 1010 g/mol. The summed E-state index contributed by atoms with van der Waals surface area (Å²) in [6.07, 6.45) is 0. The number of benzene rings is 7. The normalized spacial score (nSPS) is 11.7. The third kappa shape index (κ3) is 13.0. The second-order valence-electron chi connectivity index (χ2n) is 13.8. The molecule has 0 fully saturated rings. The van der Waals surface area contributed by atoms with Crippen LogP contribution in [-0.4, -0.2) is 45.7 Å². The van der Waals surface area contributed by atoms with E-state index in [-0.39, 0.29) is 55.5 Å². The maximum absolute atomic E-state index is 13.4. The molecule has 0 aliphatic heterocycles. The molecule has 0 saturated heterocycles. The molecular formula is C44H32Cl2N4O14S4. The Morgan fingerprint density at radius 3 is 0.853 bits per heavy atom. The monoisotopic (exact) mass is 1040 g/mol. The van der Waals surface area contributed by atoms with Crippen LogP contribution in [0, 0.1) is 0 Å². The van der Waals surface area contributed by atoms with Gasteiger partial charge >= 0.3 is 52.5 Å². The standard InChI is InChI=1S/C44H32Cl2N4O14S4/c45-29-16-20-39(21-17-29)65(53,54)61-35-10-1-6-31(24-35)47-43(51)49-33-8-3-12-37(26-33)63-67(57,58)41-14-5-15-42(28-41)68(59,60)64-38-13-4-9-34(27-38)50-44(52)48-32-7-2-11-36(25-32)62-66(55,56)40-22-18-30(46)19-23-40/h1-28H,(H2,47,49,51)(H2,48,50,52). The zero-order chi connectivity index (χ0) is 48.7. The van der Waals surface area contributed by atoms with E-state index in [0.717, 1.165) is 24.3 Å². The van der Waals surface area contributed by atoms with Crippen LogP contribution in [-0.2, 0) is 40.5 Å². The van der Waals surface area contributed by atoms with Crippen molar-refractivity contribution in [1.29, 1.82) is 0 Å². The van der Waals surface area contributed by atoms with Crippen LogP contribution in [0.15, 0.2) is 189 Å². The molecule has 4 N–H and O–H groups in total. The fourth-order valence-corrected chi connectivity index (χ4v) is 9.89. The number of nitrogens with one attached hydrogen (secondary N) is 4. The van der Waals surface area contributed by atoms with Crippen LogP contribution in [0.3, 0.4) is 0 Å². The molecule has 350 valence electrons. The summed E-state index contributed by atoms with van der Waals surface area (Å²) in [7, 11) is -17.8. The summed E-state index contributed by atoms with van der Waals surface area (Å²) in [5, 5.41) is 10.7. The number of anilines is 4. The first kappa shape index (κ1) is 48.6. The number of hydrogen-bond donors (Lipinski definition) is 4. The van der Waals surface area contributed by atoms with Gasteiger partial charge in [0.15, 0.2) is 0 Å². The molecule has 0 radical (unpaired) electrons. The first-order chi connectivity index (χ1) is 32.2. The fourth-order valence-electron chi connectivity index (χ4n) is 5.78. The minimum Gasteiger partial charge on any atom is -0.379 e. The molecule has 7 aromatic carbocycles. The lowest BCUT2D eigenvalue weighted by molar-refractivity contribution is 0.261. The number of carbonyl (C=O) groups is 2. The predicted molar refractivity (Wildman–Crippen MR) is 252 cm³/mol. The van der Waals surface area contributed by atoms with Crippen LogP contribution in [0.2, 0.25) is 10.0 Å². The van der Waals surface area contributed by atoms with Gasteiger partial charge in [0.1, 0.15) is 42.6 Å². The second kappa shape index (κ2) is 20.3. The summed E-state index contributed by atoms with van der Waals surface area (Å²) >= 11 is 11.7. The quantitative estimate of drug-likeness (QED) is 0.0658. The smallest absolute Gasteiger partial charge is 0.339 e. The van der Waals surface area contributed by atoms with E-state index in [9.17, 15) is 43.3 Å². The Hall–Kier alpha value is -7.34. The van der Waals surface area contributed by atoms with E-state index in [1.54, 1.807) is 0 Å². The highest BCUT2D eigenvalue weighted by atomic mass is 35.5. The molecule has 0 heterocycles. The SMILES string of the molecule is O=C(Nc1cccc(OS(=O)(=O)c2ccc(Cl)cc2)c1)Nc1cccc(OS(=O)(=O)c2cccc(S(=O)(=O)Oc3cccc(NC(=O)Nc4cccc(OS(=O)(=O)c5ccc(Cl)cc5)c4)c3)c2)c1. The third-order valence-corrected chi connectivity index (χ3v) is 14.3. The predicted octanol–water partition coefficient (Wildman–Crippen LogP) is 9.35. The first-order valence-electron chi connectivity index (χ1n) is 19.2. The Morgan fingerprint density at radius 2 is 0.574 bits per heavy atom. The molecule has 68 heavy (non-hydrogen) atoms. The van der Waals surface area contributed by atoms with Crippen molar-refractivity contribution in [3.63, 3.8) is 0 Å². The van der Waals surface area contributed by atoms with Gasteiger partial charge in [-0.3, -0.25) is 0 Å². The maximum atomic E-state index is 13.4. The summed E-state index contributed by atoms with van der Waals surface area (Å²) in [4.78, 5) is 24.3. The van der Waals surface area contributed by atoms with Crippen molar-refractivity contribution in [3.8, 4) is 23.0 Å². The van der Waals surface area contributed by atoms with Gasteiger partial charge in [0.25, 0.3) is 0 Å². The van der Waals surface area contributed by atoms with Crippen molar-refractivity contribution < 1.29 is 60.0 Å². The van der Waals surface area contributed by atoms with Crippen LogP contribution < -0.4 is 38.0 Å². The van der Waals surface area contributed by atoms with Crippen LogP contribution in [0.5, 0.6) is 23.0 Å². The van der Waals surface area contributed by atoms with Gasteiger partial charge in [-0.05, 0) is 115 Å². The molecule has 7 rings (SSSR count). The molecule has 24 heteroatoms. The molecule has 18 nitrogen and oxygen atoms in total. The zero-order valence-electron chi connectivity index (χ0n) is 34.3. The molecule has 0 atom stereocenters. The highest BCUT2D eigenvalue weighted by molar-refractivity contribution is 7.88. The van der Waals surface area contributed by atoms with Gasteiger partial charge < -0.3 is 38.0 Å². The fraction of sp³-hybridized carbons (Fsp3) is 0. The lowest BCUT2D eigenvalue weighted by Crippen LogP contribution is -2.19. The molecule has 0 spiro atoms. The van der Waals surface area contributed by atoms with Crippen molar-refractivity contribution in [1.82, 2.24) is 0 Å². The van der Waals surface area contributed by atoms with E-state index in [4.69, 9.17) is 39.9 Å². The molecule has 0 aliphatic carbocycles. The average Bonchev–Trinajstić information content (AvgIpc) is 3.26. The number of carbonyl (C=O) groups excluding carboxylic acids is 2. The molecule has 0 bridgehead atoms. The highest BCUT2D eigenvalue weighted by Crippen LogP contribution is 2.29. The zero-order valence-corrected chi connectivity index (χ0v) is 39.0. The summed E-state index contributed by atoms with van der Waals surface area (Å²) in [5.41, 5.74) is 0.448. The van der Waals surface area contributed by atoms with Gasteiger partial charge in [0, 0.05) is 57.1 Å². The number of urea groups is 2. The largest absolute Gasteiger partial charge is 0.379 e. The number of rotatable bonds is 16. The first-order valence-corrected chi connectivity index (χ1v) is 25.6. The molecule has 0 saturated carbocycles. The lowest BCUT2D eigenvalue weighted by atomic mass is 10.3. The number of halogens is 2. The van der Waals surface area contributed by atoms with E-state index in [2.05, 4.69) is 21.3 Å². The summed E-state index contributed by atoms with van der Waals surface area (Å²) in [6, 6.07) is 34.8. The number of hydrogen-bond acceptors (Lipinski definition) is 14. The lowest BCUT2D eigenvalue weighted by Gasteiger charge is -2.12. The van der Waals surface area contributed by atoms with Crippen molar-refractivity contribution in [2.75, 3.05) is 21.3 Å². The van der Waals surface area contributed by atoms with Crippen molar-refractivity contribution in [2.45, 2.75) is 19.6 Å². The van der Waals surface area contributed by atoms with Gasteiger partial charge in [-0.2, -0.15) is 33.7 Å². The van der Waals surface area contributed by atoms with Crippen LogP contribution in [0.4, 0.5) is 32.3 Å². The van der Waals surface area contributed by atoms with Crippen LogP contribution >= 0.6 is 23.2 Å². The van der Waals surface area contributed by atoms with E-state index in [1.807, 2.05) is 0 Å². The van der Waals surface area contributed by atoms with E-state index >= 15 is 0 Å². The van der Waals surface area contributed by atoms with Crippen molar-refractivity contribution >= 4 is 98.5 Å². The van der Waals surface area contributed by atoms with Gasteiger partial charge in [0.05, 0.1) is 0 Å². The molecule has 0 aliphatic rings. The van der Waals surface area contributed by atoms with Gasteiger partial charge in [0.2, 0.25) is 0 Å².